The molecule has 0 saturated heterocycles. The second-order valence-corrected chi connectivity index (χ2v) is 7.00. The van der Waals surface area contributed by atoms with Crippen LogP contribution in [0.15, 0.2) is 29.8 Å². The Morgan fingerprint density at radius 3 is 2.43 bits per heavy atom. The number of aldehydes is 1. The zero-order valence-electron chi connectivity index (χ0n) is 13.6. The van der Waals surface area contributed by atoms with Crippen molar-refractivity contribution >= 4 is 23.7 Å². The van der Waals surface area contributed by atoms with E-state index in [1.807, 2.05) is 31.2 Å². The van der Waals surface area contributed by atoms with Gasteiger partial charge in [-0.05, 0) is 38.8 Å². The number of ether oxygens (including phenoxy) is 1. The Hall–Kier alpha value is -2.21. The first-order valence-corrected chi connectivity index (χ1v) is 8.13. The number of hydrogen-bond acceptors (Lipinski definition) is 5. The lowest BCUT2D eigenvalue weighted by Crippen LogP contribution is -2.35. The normalized spacial score (nSPS) is 12.5. The van der Waals surface area contributed by atoms with Gasteiger partial charge in [0.05, 0.1) is 16.1 Å². The highest BCUT2D eigenvalue weighted by Gasteiger charge is 2.20. The molecule has 0 bridgehead atoms. The fourth-order valence-electron chi connectivity index (χ4n) is 2.05. The van der Waals surface area contributed by atoms with Gasteiger partial charge in [-0.25, -0.2) is 9.78 Å². The Bertz CT molecular complexity index is 687. The first kappa shape index (κ1) is 17.1. The van der Waals surface area contributed by atoms with Crippen molar-refractivity contribution in [1.29, 1.82) is 0 Å². The van der Waals surface area contributed by atoms with E-state index in [1.165, 1.54) is 0 Å². The summed E-state index contributed by atoms with van der Waals surface area (Å²) in [5.74, 6) is 0. The number of aromatic nitrogens is 1. The minimum atomic E-state index is -0.735. The summed E-state index contributed by atoms with van der Waals surface area (Å²) < 4.78 is 5.17. The number of hydrogen-bond donors (Lipinski definition) is 1. The van der Waals surface area contributed by atoms with Crippen molar-refractivity contribution in [3.05, 3.63) is 41.0 Å². The van der Waals surface area contributed by atoms with Gasteiger partial charge in [0, 0.05) is 0 Å². The molecule has 1 atom stereocenters. The average Bonchev–Trinajstić information content (AvgIpc) is 2.89. The van der Waals surface area contributed by atoms with Crippen LogP contribution < -0.4 is 5.32 Å². The summed E-state index contributed by atoms with van der Waals surface area (Å²) in [6, 6.07) is 6.75. The zero-order valence-corrected chi connectivity index (χ0v) is 14.4. The van der Waals surface area contributed by atoms with Crippen LogP contribution in [0.1, 0.15) is 38.1 Å². The van der Waals surface area contributed by atoms with Gasteiger partial charge >= 0.3 is 6.09 Å². The van der Waals surface area contributed by atoms with Crippen LogP contribution in [0.25, 0.3) is 10.4 Å². The van der Waals surface area contributed by atoms with Crippen molar-refractivity contribution in [3.63, 3.8) is 0 Å². The van der Waals surface area contributed by atoms with Gasteiger partial charge in [0.2, 0.25) is 0 Å². The highest BCUT2D eigenvalue weighted by atomic mass is 32.1. The van der Waals surface area contributed by atoms with Gasteiger partial charge in [-0.15, -0.1) is 11.3 Å². The van der Waals surface area contributed by atoms with Gasteiger partial charge in [-0.3, -0.25) is 0 Å². The number of aryl methyl sites for hydroxylation is 1. The number of benzene rings is 1. The minimum absolute atomic E-state index is 0.606. The van der Waals surface area contributed by atoms with E-state index in [9.17, 15) is 9.59 Å². The van der Waals surface area contributed by atoms with E-state index in [0.717, 1.165) is 16.1 Å². The highest BCUT2D eigenvalue weighted by molar-refractivity contribution is 7.13. The molecule has 1 N–H and O–H groups in total. The average molecular weight is 332 g/mol. The summed E-state index contributed by atoms with van der Waals surface area (Å²) in [7, 11) is 0. The summed E-state index contributed by atoms with van der Waals surface area (Å²) in [4.78, 5) is 28.4. The molecule has 1 amide bonds. The second kappa shape index (κ2) is 6.91. The molecule has 1 unspecified atom stereocenters. The molecule has 1 aromatic carbocycles. The predicted molar refractivity (Wildman–Crippen MR) is 90.5 cm³/mol. The molecule has 1 aromatic heterocycles. The molecule has 6 heteroatoms. The third kappa shape index (κ3) is 4.63. The molecule has 5 nitrogen and oxygen atoms in total. The zero-order chi connectivity index (χ0) is 17.0. The fraction of sp³-hybridized carbons (Fsp3) is 0.353. The summed E-state index contributed by atoms with van der Waals surface area (Å²) >= 11 is 1.57. The SMILES string of the molecule is Cc1ncsc1-c1ccc(C(C=O)NC(=O)OC(C)(C)C)cc1. The lowest BCUT2D eigenvalue weighted by molar-refractivity contribution is -0.109. The van der Waals surface area contributed by atoms with Crippen LogP contribution in [0.3, 0.4) is 0 Å². The van der Waals surface area contributed by atoms with Crippen molar-refractivity contribution < 1.29 is 14.3 Å². The standard InChI is InChI=1S/C17H20N2O3S/c1-11-15(23-10-18-11)13-7-5-12(6-8-13)14(9-20)19-16(21)22-17(2,3)4/h5-10,14H,1-4H3,(H,19,21). The first-order chi connectivity index (χ1) is 10.8. The maximum absolute atomic E-state index is 11.8. The summed E-state index contributed by atoms with van der Waals surface area (Å²) in [6.45, 7) is 7.27. The topological polar surface area (TPSA) is 68.3 Å². The van der Waals surface area contributed by atoms with Gasteiger partial charge in [0.1, 0.15) is 17.9 Å². The number of carbonyl (C=O) groups excluding carboxylic acids is 2. The number of thiazole rings is 1. The van der Waals surface area contributed by atoms with Crippen LogP contribution in [0.4, 0.5) is 4.79 Å². The van der Waals surface area contributed by atoms with E-state index in [-0.39, 0.29) is 0 Å². The lowest BCUT2D eigenvalue weighted by atomic mass is 10.0. The Kier molecular flexibility index (Phi) is 5.15. The van der Waals surface area contributed by atoms with Crippen molar-refractivity contribution in [2.24, 2.45) is 0 Å². The largest absolute Gasteiger partial charge is 0.444 e. The lowest BCUT2D eigenvalue weighted by Gasteiger charge is -2.21. The number of amides is 1. The molecule has 2 aromatic rings. The quantitative estimate of drug-likeness (QED) is 0.863. The maximum atomic E-state index is 11.8. The molecule has 23 heavy (non-hydrogen) atoms. The fourth-order valence-corrected chi connectivity index (χ4v) is 2.86. The van der Waals surface area contributed by atoms with Crippen LogP contribution in [0.5, 0.6) is 0 Å². The molecule has 122 valence electrons. The Morgan fingerprint density at radius 1 is 1.30 bits per heavy atom. The van der Waals surface area contributed by atoms with Crippen molar-refractivity contribution in [1.82, 2.24) is 10.3 Å². The molecule has 0 aliphatic rings. The molecule has 0 spiro atoms. The Balaban J connectivity index is 2.12. The second-order valence-electron chi connectivity index (χ2n) is 6.15. The van der Waals surface area contributed by atoms with Gasteiger partial charge in [0.15, 0.2) is 0 Å². The van der Waals surface area contributed by atoms with E-state index >= 15 is 0 Å². The first-order valence-electron chi connectivity index (χ1n) is 7.25. The molecule has 1 heterocycles. The van der Waals surface area contributed by atoms with Crippen molar-refractivity contribution in [2.75, 3.05) is 0 Å². The molecule has 0 aliphatic heterocycles. The van der Waals surface area contributed by atoms with E-state index in [2.05, 4.69) is 10.3 Å². The number of nitrogens with one attached hydrogen (secondary N) is 1. The molecule has 0 saturated carbocycles. The molecule has 0 aliphatic carbocycles. The Morgan fingerprint density at radius 2 is 1.96 bits per heavy atom. The van der Waals surface area contributed by atoms with Gasteiger partial charge in [0.25, 0.3) is 0 Å². The highest BCUT2D eigenvalue weighted by Crippen LogP contribution is 2.28. The minimum Gasteiger partial charge on any atom is -0.444 e. The molecular weight excluding hydrogens is 312 g/mol. The van der Waals surface area contributed by atoms with E-state index in [1.54, 1.807) is 37.6 Å². The monoisotopic (exact) mass is 332 g/mol. The van der Waals surface area contributed by atoms with Crippen LogP contribution in [0, 0.1) is 6.92 Å². The summed E-state index contributed by atoms with van der Waals surface area (Å²) in [5, 5.41) is 2.57. The van der Waals surface area contributed by atoms with Crippen LogP contribution in [-0.4, -0.2) is 23.0 Å². The van der Waals surface area contributed by atoms with Crippen LogP contribution in [0.2, 0.25) is 0 Å². The number of carbonyl (C=O) groups is 2. The molecule has 2 rings (SSSR count). The van der Waals surface area contributed by atoms with Crippen molar-refractivity contribution in [2.45, 2.75) is 39.3 Å². The molecule has 0 radical (unpaired) electrons. The van der Waals surface area contributed by atoms with Crippen molar-refractivity contribution in [3.8, 4) is 10.4 Å². The van der Waals surface area contributed by atoms with Crippen LogP contribution in [-0.2, 0) is 9.53 Å². The molecule has 0 fully saturated rings. The third-order valence-electron chi connectivity index (χ3n) is 3.09. The van der Waals surface area contributed by atoms with E-state index < -0.39 is 17.7 Å². The van der Waals surface area contributed by atoms with E-state index in [0.29, 0.717) is 11.8 Å². The number of rotatable bonds is 4. The van der Waals surface area contributed by atoms with Crippen LogP contribution >= 0.6 is 11.3 Å². The number of nitrogens with zero attached hydrogens (tertiary/aromatic N) is 1. The van der Waals surface area contributed by atoms with E-state index in [4.69, 9.17) is 4.74 Å². The summed E-state index contributed by atoms with van der Waals surface area (Å²) in [5.41, 5.74) is 3.91. The van der Waals surface area contributed by atoms with Gasteiger partial charge < -0.3 is 14.8 Å². The predicted octanol–water partition coefficient (Wildman–Crippen LogP) is 3.88. The van der Waals surface area contributed by atoms with Gasteiger partial charge in [-0.1, -0.05) is 24.3 Å². The van der Waals surface area contributed by atoms with Gasteiger partial charge in [-0.2, -0.15) is 0 Å². The Labute approximate surface area is 139 Å². The maximum Gasteiger partial charge on any atom is 0.408 e. The smallest absolute Gasteiger partial charge is 0.408 e. The summed E-state index contributed by atoms with van der Waals surface area (Å²) in [6.07, 6.45) is 0.0774. The third-order valence-corrected chi connectivity index (χ3v) is 4.06. The number of alkyl carbamates (subject to hydrolysis) is 1. The molecular formula is C17H20N2O3S.